The van der Waals surface area contributed by atoms with Crippen LogP contribution in [0.2, 0.25) is 0 Å². The molecule has 0 unspecified atom stereocenters. The molecule has 0 aliphatic carbocycles. The zero-order chi connectivity index (χ0) is 14.0. The molecule has 0 fully saturated rings. The van der Waals surface area contributed by atoms with E-state index in [1.54, 1.807) is 0 Å². The number of hydrogen-bond acceptors (Lipinski definition) is 2. The second-order valence-corrected chi connectivity index (χ2v) is 3.78. The number of aliphatic imine (C=N–C) groups is 2. The number of amides is 2. The van der Waals surface area contributed by atoms with Crippen LogP contribution in [0.15, 0.2) is 9.98 Å². The van der Waals surface area contributed by atoms with E-state index in [4.69, 9.17) is 22.9 Å². The lowest BCUT2D eigenvalue weighted by Crippen LogP contribution is -2.24. The van der Waals surface area contributed by atoms with Crippen LogP contribution in [-0.2, 0) is 9.59 Å². The number of hydrogen-bond donors (Lipinski definition) is 4. The Morgan fingerprint density at radius 3 is 1.28 bits per heavy atom. The van der Waals surface area contributed by atoms with Gasteiger partial charge in [0.25, 0.3) is 0 Å². The Labute approximate surface area is 105 Å². The van der Waals surface area contributed by atoms with Gasteiger partial charge in [-0.2, -0.15) is 9.98 Å². The van der Waals surface area contributed by atoms with Crippen LogP contribution in [0.25, 0.3) is 0 Å². The quantitative estimate of drug-likeness (QED) is 0.257. The summed E-state index contributed by atoms with van der Waals surface area (Å²) in [6.45, 7) is 0. The van der Waals surface area contributed by atoms with Crippen molar-refractivity contribution in [2.45, 2.75) is 38.5 Å². The highest BCUT2D eigenvalue weighted by molar-refractivity contribution is 5.91. The van der Waals surface area contributed by atoms with Gasteiger partial charge in [0.1, 0.15) is 0 Å². The van der Waals surface area contributed by atoms with Crippen molar-refractivity contribution < 1.29 is 9.59 Å². The predicted octanol–water partition coefficient (Wildman–Crippen LogP) is -1.07. The minimum atomic E-state index is -0.327. The van der Waals surface area contributed by atoms with Crippen LogP contribution in [-0.4, -0.2) is 23.7 Å². The highest BCUT2D eigenvalue weighted by atomic mass is 16.1. The van der Waals surface area contributed by atoms with E-state index in [1.807, 2.05) is 0 Å². The van der Waals surface area contributed by atoms with E-state index in [1.165, 1.54) is 0 Å². The molecular weight excluding hydrogens is 236 g/mol. The van der Waals surface area contributed by atoms with Gasteiger partial charge in [0.05, 0.1) is 0 Å². The van der Waals surface area contributed by atoms with Gasteiger partial charge in [0.15, 0.2) is 11.9 Å². The third kappa shape index (κ3) is 10.4. The van der Waals surface area contributed by atoms with Crippen molar-refractivity contribution in [1.82, 2.24) is 0 Å². The van der Waals surface area contributed by atoms with Gasteiger partial charge >= 0.3 is 0 Å². The van der Waals surface area contributed by atoms with Gasteiger partial charge < -0.3 is 22.9 Å². The van der Waals surface area contributed by atoms with Crippen LogP contribution in [0.1, 0.15) is 38.5 Å². The maximum atomic E-state index is 11.1. The molecule has 0 aliphatic rings. The first kappa shape index (κ1) is 15.9. The van der Waals surface area contributed by atoms with E-state index in [-0.39, 0.29) is 23.7 Å². The minimum absolute atomic E-state index is 0.220. The first-order valence-corrected chi connectivity index (χ1v) is 5.66. The van der Waals surface area contributed by atoms with Crippen LogP contribution in [0, 0.1) is 0 Å². The summed E-state index contributed by atoms with van der Waals surface area (Å²) in [6, 6.07) is 0. The molecule has 102 valence electrons. The summed E-state index contributed by atoms with van der Waals surface area (Å²) in [4.78, 5) is 28.9. The summed E-state index contributed by atoms with van der Waals surface area (Å²) in [7, 11) is 0. The maximum Gasteiger partial charge on any atom is 0.248 e. The van der Waals surface area contributed by atoms with Crippen LogP contribution >= 0.6 is 0 Å². The molecule has 18 heavy (non-hydrogen) atoms. The average Bonchev–Trinajstić information content (AvgIpc) is 2.20. The Bertz CT molecular complexity index is 308. The molecule has 0 aromatic heterocycles. The molecule has 0 aromatic carbocycles. The van der Waals surface area contributed by atoms with Gasteiger partial charge in [-0.15, -0.1) is 0 Å². The second-order valence-electron chi connectivity index (χ2n) is 3.78. The van der Waals surface area contributed by atoms with Gasteiger partial charge in [-0.25, -0.2) is 0 Å². The maximum absolute atomic E-state index is 11.1. The van der Waals surface area contributed by atoms with Gasteiger partial charge in [-0.05, 0) is 12.8 Å². The number of carbonyl (C=O) groups is 2. The lowest BCUT2D eigenvalue weighted by molar-refractivity contribution is -0.118. The lowest BCUT2D eigenvalue weighted by Gasteiger charge is -1.98. The Balaban J connectivity index is 3.53. The number of unbranched alkanes of at least 4 members (excludes halogenated alkanes) is 3. The minimum Gasteiger partial charge on any atom is -0.370 e. The molecule has 0 bridgehead atoms. The van der Waals surface area contributed by atoms with Crippen molar-refractivity contribution in [3.05, 3.63) is 0 Å². The van der Waals surface area contributed by atoms with E-state index >= 15 is 0 Å². The largest absolute Gasteiger partial charge is 0.370 e. The monoisotopic (exact) mass is 256 g/mol. The normalized spacial score (nSPS) is 9.56. The van der Waals surface area contributed by atoms with Crippen LogP contribution in [0.4, 0.5) is 0 Å². The van der Waals surface area contributed by atoms with Crippen LogP contribution in [0.3, 0.4) is 0 Å². The predicted molar refractivity (Wildman–Crippen MR) is 69.3 cm³/mol. The summed E-state index contributed by atoms with van der Waals surface area (Å²) in [5.74, 6) is -1.09. The smallest absolute Gasteiger partial charge is 0.248 e. The molecule has 0 heterocycles. The topological polar surface area (TPSA) is 163 Å². The molecule has 0 saturated heterocycles. The van der Waals surface area contributed by atoms with E-state index in [0.717, 1.165) is 12.8 Å². The summed E-state index contributed by atoms with van der Waals surface area (Å²) in [5.41, 5.74) is 20.2. The molecule has 0 atom stereocenters. The van der Waals surface area contributed by atoms with E-state index in [0.29, 0.717) is 25.7 Å². The van der Waals surface area contributed by atoms with Crippen molar-refractivity contribution in [3.63, 3.8) is 0 Å². The van der Waals surface area contributed by atoms with Crippen molar-refractivity contribution in [2.75, 3.05) is 0 Å². The number of nitrogens with zero attached hydrogens (tertiary/aromatic N) is 2. The van der Waals surface area contributed by atoms with Gasteiger partial charge in [-0.3, -0.25) is 9.59 Å². The average molecular weight is 256 g/mol. The van der Waals surface area contributed by atoms with Crippen molar-refractivity contribution in [1.29, 1.82) is 0 Å². The standard InChI is InChI=1S/C10H20N6O2/c11-9(12)15-7(17)5-3-1-2-4-6-8(18)16-10(13)14/h1-6H2,(H4,11,12,15,17)(H4,13,14,16,18). The SMILES string of the molecule is NC(N)=NC(=O)CCCCCCC(=O)N=C(N)N. The molecule has 0 radical (unpaired) electrons. The van der Waals surface area contributed by atoms with E-state index in [9.17, 15) is 9.59 Å². The van der Waals surface area contributed by atoms with Crippen LogP contribution in [0.5, 0.6) is 0 Å². The van der Waals surface area contributed by atoms with E-state index in [2.05, 4.69) is 9.98 Å². The Morgan fingerprint density at radius 1 is 0.667 bits per heavy atom. The number of rotatable bonds is 7. The third-order valence-electron chi connectivity index (χ3n) is 2.04. The van der Waals surface area contributed by atoms with Gasteiger partial charge in [0, 0.05) is 12.8 Å². The number of carbonyl (C=O) groups excluding carboxylic acids is 2. The van der Waals surface area contributed by atoms with E-state index < -0.39 is 0 Å². The van der Waals surface area contributed by atoms with Crippen molar-refractivity contribution >= 4 is 23.7 Å². The Morgan fingerprint density at radius 2 is 1.00 bits per heavy atom. The summed E-state index contributed by atoms with van der Waals surface area (Å²) in [6.07, 6.45) is 3.62. The fourth-order valence-corrected chi connectivity index (χ4v) is 1.31. The van der Waals surface area contributed by atoms with Gasteiger partial charge in [-0.1, -0.05) is 12.8 Å². The molecule has 8 N–H and O–H groups in total. The molecule has 8 heteroatoms. The zero-order valence-electron chi connectivity index (χ0n) is 10.3. The molecule has 0 spiro atoms. The molecule has 0 saturated carbocycles. The summed E-state index contributed by atoms with van der Waals surface area (Å²) in [5, 5.41) is 0. The molecule has 8 nitrogen and oxygen atoms in total. The molecule has 0 aliphatic heterocycles. The second kappa shape index (κ2) is 8.97. The lowest BCUT2D eigenvalue weighted by atomic mass is 10.1. The summed E-state index contributed by atoms with van der Waals surface area (Å²) < 4.78 is 0. The first-order chi connectivity index (χ1) is 8.41. The van der Waals surface area contributed by atoms with Crippen molar-refractivity contribution in [3.8, 4) is 0 Å². The number of nitrogens with two attached hydrogens (primary N) is 4. The first-order valence-electron chi connectivity index (χ1n) is 5.66. The van der Waals surface area contributed by atoms with Crippen LogP contribution < -0.4 is 22.9 Å². The third-order valence-corrected chi connectivity index (χ3v) is 2.04. The summed E-state index contributed by atoms with van der Waals surface area (Å²) >= 11 is 0. The van der Waals surface area contributed by atoms with Gasteiger partial charge in [0.2, 0.25) is 11.8 Å². The fourth-order valence-electron chi connectivity index (χ4n) is 1.31. The Hall–Kier alpha value is -2.12. The molecule has 0 aromatic rings. The molecule has 2 amide bonds. The molecule has 0 rings (SSSR count). The fraction of sp³-hybridized carbons (Fsp3) is 0.600. The Kier molecular flexibility index (Phi) is 7.91. The number of guanidine groups is 2. The zero-order valence-corrected chi connectivity index (χ0v) is 10.3. The highest BCUT2D eigenvalue weighted by Crippen LogP contribution is 2.06. The highest BCUT2D eigenvalue weighted by Gasteiger charge is 2.02. The molecular formula is C10H20N6O2. The van der Waals surface area contributed by atoms with Crippen molar-refractivity contribution in [2.24, 2.45) is 32.9 Å².